The van der Waals surface area contributed by atoms with Gasteiger partial charge in [-0.1, -0.05) is 48.5 Å². The summed E-state index contributed by atoms with van der Waals surface area (Å²) in [7, 11) is 0. The summed E-state index contributed by atoms with van der Waals surface area (Å²) in [6, 6.07) is 25.2. The number of rotatable bonds is 8. The molecule has 5 rings (SSSR count). The molecule has 1 aliphatic heterocycles. The highest BCUT2D eigenvalue weighted by atomic mass is 19.1. The van der Waals surface area contributed by atoms with E-state index in [1.807, 2.05) is 67.6 Å². The summed E-state index contributed by atoms with van der Waals surface area (Å²) >= 11 is 0. The van der Waals surface area contributed by atoms with Crippen LogP contribution in [0.2, 0.25) is 0 Å². The van der Waals surface area contributed by atoms with E-state index in [0.29, 0.717) is 24.8 Å². The van der Waals surface area contributed by atoms with Crippen molar-refractivity contribution in [3.63, 3.8) is 0 Å². The van der Waals surface area contributed by atoms with Gasteiger partial charge in [0.2, 0.25) is 5.88 Å². The number of carbonyl (C=O) groups is 1. The van der Waals surface area contributed by atoms with Crippen LogP contribution in [0.15, 0.2) is 84.9 Å². The van der Waals surface area contributed by atoms with Gasteiger partial charge in [0.05, 0.1) is 35.2 Å². The number of ether oxygens (including phenoxy) is 2. The van der Waals surface area contributed by atoms with Gasteiger partial charge in [0.15, 0.2) is 0 Å². The van der Waals surface area contributed by atoms with E-state index in [9.17, 15) is 9.18 Å². The minimum absolute atomic E-state index is 0.0362. The molecule has 0 bridgehead atoms. The fraction of sp³-hybridized carbons (Fsp3) is 0.241. The minimum atomic E-state index is -0.544. The van der Waals surface area contributed by atoms with Crippen LogP contribution in [0.25, 0.3) is 5.69 Å². The normalized spacial score (nSPS) is 15.1. The third-order valence-electron chi connectivity index (χ3n) is 6.28. The Balaban J connectivity index is 1.55. The highest BCUT2D eigenvalue weighted by molar-refractivity contribution is 5.94. The summed E-state index contributed by atoms with van der Waals surface area (Å²) < 4.78 is 28.5. The molecule has 6 nitrogen and oxygen atoms in total. The number of aromatic nitrogens is 2. The van der Waals surface area contributed by atoms with Crippen LogP contribution in [0.3, 0.4) is 0 Å². The number of hydrogen-bond acceptors (Lipinski definition) is 4. The van der Waals surface area contributed by atoms with Gasteiger partial charge in [0.25, 0.3) is 5.91 Å². The molecule has 1 fully saturated rings. The van der Waals surface area contributed by atoms with Crippen molar-refractivity contribution in [2.24, 2.45) is 0 Å². The lowest BCUT2D eigenvalue weighted by molar-refractivity contribution is 0.0502. The van der Waals surface area contributed by atoms with Gasteiger partial charge in [0.1, 0.15) is 11.6 Å². The highest BCUT2D eigenvalue weighted by Crippen LogP contribution is 2.32. The monoisotopic (exact) mass is 485 g/mol. The average molecular weight is 486 g/mol. The van der Waals surface area contributed by atoms with Crippen LogP contribution < -0.4 is 4.74 Å². The van der Waals surface area contributed by atoms with Crippen molar-refractivity contribution in [1.29, 1.82) is 0 Å². The van der Waals surface area contributed by atoms with Crippen LogP contribution in [0, 0.1) is 12.7 Å². The van der Waals surface area contributed by atoms with E-state index in [2.05, 4.69) is 0 Å². The molecular weight excluding hydrogens is 457 g/mol. The Morgan fingerprint density at radius 1 is 1.06 bits per heavy atom. The molecule has 0 aliphatic carbocycles. The first-order valence-corrected chi connectivity index (χ1v) is 12.1. The molecule has 36 heavy (non-hydrogen) atoms. The van der Waals surface area contributed by atoms with Crippen molar-refractivity contribution in [2.45, 2.75) is 32.4 Å². The molecule has 0 spiro atoms. The molecule has 1 aromatic heterocycles. The third kappa shape index (κ3) is 5.16. The number of aryl methyl sites for hydroxylation is 1. The van der Waals surface area contributed by atoms with Gasteiger partial charge in [-0.25, -0.2) is 9.07 Å². The largest absolute Gasteiger partial charge is 0.439 e. The molecule has 7 heteroatoms. The second-order valence-electron chi connectivity index (χ2n) is 8.83. The molecule has 0 unspecified atom stereocenters. The fourth-order valence-corrected chi connectivity index (χ4v) is 4.42. The van der Waals surface area contributed by atoms with Gasteiger partial charge in [-0.2, -0.15) is 5.10 Å². The van der Waals surface area contributed by atoms with Crippen molar-refractivity contribution < 1.29 is 18.7 Å². The number of nitrogens with zero attached hydrogens (tertiary/aromatic N) is 3. The van der Waals surface area contributed by atoms with E-state index in [1.54, 1.807) is 21.7 Å². The average Bonchev–Trinajstić information content (AvgIpc) is 3.53. The molecular formula is C29H28FN3O3. The maximum absolute atomic E-state index is 14.6. The number of halogens is 1. The van der Waals surface area contributed by atoms with Crippen LogP contribution in [0.5, 0.6) is 11.6 Å². The quantitative estimate of drug-likeness (QED) is 0.310. The molecule has 1 atom stereocenters. The Morgan fingerprint density at radius 2 is 1.75 bits per heavy atom. The van der Waals surface area contributed by atoms with Gasteiger partial charge in [-0.15, -0.1) is 0 Å². The van der Waals surface area contributed by atoms with Crippen molar-refractivity contribution >= 4 is 5.91 Å². The fourth-order valence-electron chi connectivity index (χ4n) is 4.42. The molecule has 0 saturated carbocycles. The van der Waals surface area contributed by atoms with Crippen molar-refractivity contribution in [2.75, 3.05) is 13.2 Å². The second-order valence-corrected chi connectivity index (χ2v) is 8.83. The zero-order chi connectivity index (χ0) is 24.9. The molecule has 0 N–H and O–H groups in total. The zero-order valence-electron chi connectivity index (χ0n) is 20.1. The first-order valence-electron chi connectivity index (χ1n) is 12.1. The Hall–Kier alpha value is -3.97. The molecule has 0 radical (unpaired) electrons. The number of amides is 1. The molecule has 2 heterocycles. The van der Waals surface area contributed by atoms with Gasteiger partial charge >= 0.3 is 0 Å². The Kier molecular flexibility index (Phi) is 7.09. The van der Waals surface area contributed by atoms with E-state index < -0.39 is 5.82 Å². The Labute approximate surface area is 209 Å². The van der Waals surface area contributed by atoms with E-state index in [0.717, 1.165) is 29.8 Å². The van der Waals surface area contributed by atoms with Gasteiger partial charge in [-0.3, -0.25) is 4.79 Å². The molecule has 4 aromatic rings. The summed E-state index contributed by atoms with van der Waals surface area (Å²) in [6.45, 7) is 3.12. The van der Waals surface area contributed by atoms with Crippen LogP contribution in [-0.2, 0) is 11.3 Å². The van der Waals surface area contributed by atoms with Gasteiger partial charge < -0.3 is 14.4 Å². The first-order chi connectivity index (χ1) is 17.6. The Morgan fingerprint density at radius 3 is 2.44 bits per heavy atom. The maximum Gasteiger partial charge on any atom is 0.257 e. The number of hydrogen-bond donors (Lipinski definition) is 0. The second kappa shape index (κ2) is 10.7. The van der Waals surface area contributed by atoms with E-state index >= 15 is 0 Å². The molecule has 3 aromatic carbocycles. The van der Waals surface area contributed by atoms with E-state index in [4.69, 9.17) is 14.6 Å². The van der Waals surface area contributed by atoms with Crippen molar-refractivity contribution in [1.82, 2.24) is 14.7 Å². The third-order valence-corrected chi connectivity index (χ3v) is 6.28. The minimum Gasteiger partial charge on any atom is -0.439 e. The lowest BCUT2D eigenvalue weighted by Gasteiger charge is -2.26. The first kappa shape index (κ1) is 23.8. The lowest BCUT2D eigenvalue weighted by atomic mass is 10.1. The van der Waals surface area contributed by atoms with Gasteiger partial charge in [-0.05, 0) is 56.2 Å². The zero-order valence-corrected chi connectivity index (χ0v) is 20.1. The topological polar surface area (TPSA) is 56.6 Å². The maximum atomic E-state index is 14.6. The van der Waals surface area contributed by atoms with E-state index in [-0.39, 0.29) is 24.1 Å². The van der Waals surface area contributed by atoms with E-state index in [1.165, 1.54) is 12.1 Å². The summed E-state index contributed by atoms with van der Waals surface area (Å²) in [6.07, 6.45) is 1.71. The standard InChI is InChI=1S/C29H28FN3O3/c1-21-26(20-32(19-24-15-10-18-35-24)28(34)25-16-8-9-17-27(25)30)29(36-23-13-6-3-7-14-23)33(31-21)22-11-4-2-5-12-22/h2-9,11-14,16-17,24H,10,15,18-20H2,1H3/t24-/m0/s1. The number of benzene rings is 3. The number of carbonyl (C=O) groups excluding carboxylic acids is 1. The number of para-hydroxylation sites is 2. The van der Waals surface area contributed by atoms with Crippen LogP contribution in [0.1, 0.15) is 34.5 Å². The predicted octanol–water partition coefficient (Wildman–Crippen LogP) is 5.93. The summed E-state index contributed by atoms with van der Waals surface area (Å²) in [5.74, 6) is 0.240. The van der Waals surface area contributed by atoms with Crippen molar-refractivity contribution in [3.8, 4) is 17.3 Å². The summed E-state index contributed by atoms with van der Waals surface area (Å²) in [4.78, 5) is 15.2. The Bertz CT molecular complexity index is 1320. The smallest absolute Gasteiger partial charge is 0.257 e. The van der Waals surface area contributed by atoms with Crippen LogP contribution in [-0.4, -0.2) is 39.8 Å². The summed E-state index contributed by atoms with van der Waals surface area (Å²) in [5.41, 5.74) is 2.35. The highest BCUT2D eigenvalue weighted by Gasteiger charge is 2.28. The molecule has 184 valence electrons. The van der Waals surface area contributed by atoms with Crippen LogP contribution in [0.4, 0.5) is 4.39 Å². The summed E-state index contributed by atoms with van der Waals surface area (Å²) in [5, 5.41) is 4.76. The molecule has 1 saturated heterocycles. The molecule has 1 amide bonds. The van der Waals surface area contributed by atoms with Crippen LogP contribution >= 0.6 is 0 Å². The SMILES string of the molecule is Cc1nn(-c2ccccc2)c(Oc2ccccc2)c1CN(C[C@@H]1CCCO1)C(=O)c1ccccc1F. The van der Waals surface area contributed by atoms with Gasteiger partial charge in [0, 0.05) is 13.2 Å². The lowest BCUT2D eigenvalue weighted by Crippen LogP contribution is -2.37. The van der Waals surface area contributed by atoms with Crippen molar-refractivity contribution in [3.05, 3.63) is 108 Å². The molecule has 1 aliphatic rings. The predicted molar refractivity (Wildman–Crippen MR) is 135 cm³/mol.